The van der Waals surface area contributed by atoms with Gasteiger partial charge in [-0.2, -0.15) is 0 Å². The molecular formula is C11H17ClN2. The summed E-state index contributed by atoms with van der Waals surface area (Å²) in [6, 6.07) is 4.12. The summed E-state index contributed by atoms with van der Waals surface area (Å²) in [6.45, 7) is 7.96. The van der Waals surface area contributed by atoms with Gasteiger partial charge >= 0.3 is 0 Å². The molecule has 78 valence electrons. The van der Waals surface area contributed by atoms with Gasteiger partial charge in [-0.1, -0.05) is 11.6 Å². The average molecular weight is 213 g/mol. The zero-order chi connectivity index (χ0) is 10.6. The lowest BCUT2D eigenvalue weighted by atomic mass is 10.2. The van der Waals surface area contributed by atoms with Crippen LogP contribution in [0.5, 0.6) is 0 Å². The maximum atomic E-state index is 6.21. The predicted molar refractivity (Wildman–Crippen MR) is 64.5 cm³/mol. The normalized spacial score (nSPS) is 10.0. The molecule has 3 heteroatoms. The second-order valence-electron chi connectivity index (χ2n) is 3.23. The van der Waals surface area contributed by atoms with Gasteiger partial charge in [0.25, 0.3) is 0 Å². The molecule has 2 nitrogen and oxygen atoms in total. The van der Waals surface area contributed by atoms with E-state index in [9.17, 15) is 0 Å². The molecule has 0 spiro atoms. The lowest BCUT2D eigenvalue weighted by molar-refractivity contribution is 1.19. The van der Waals surface area contributed by atoms with Crippen LogP contribution >= 0.6 is 11.6 Å². The molecule has 0 heterocycles. The fraction of sp³-hybridized carbons (Fsp3) is 0.455. The Hall–Kier alpha value is -0.890. The largest absolute Gasteiger partial charge is 0.384 e. The molecule has 0 saturated heterocycles. The lowest BCUT2D eigenvalue weighted by Gasteiger charge is -2.12. The summed E-state index contributed by atoms with van der Waals surface area (Å²) in [5.41, 5.74) is 3.22. The minimum absolute atomic E-state index is 0.777. The first-order valence-corrected chi connectivity index (χ1v) is 5.34. The summed E-state index contributed by atoms with van der Waals surface area (Å²) in [7, 11) is 0. The molecule has 0 radical (unpaired) electrons. The molecule has 0 unspecified atom stereocenters. The third-order valence-corrected chi connectivity index (χ3v) is 2.36. The Kier molecular flexibility index (Phi) is 4.08. The standard InChI is InChI=1S/C11H17ClN2/c1-4-13-9-6-8(3)7-10(11(9)12)14-5-2/h6-7,13-14H,4-5H2,1-3H3. The molecular weight excluding hydrogens is 196 g/mol. The third kappa shape index (κ3) is 2.55. The molecule has 0 aliphatic rings. The van der Waals surface area contributed by atoms with Crippen molar-refractivity contribution in [3.63, 3.8) is 0 Å². The second kappa shape index (κ2) is 5.11. The predicted octanol–water partition coefficient (Wildman–Crippen LogP) is 3.51. The van der Waals surface area contributed by atoms with E-state index in [1.807, 2.05) is 0 Å². The van der Waals surface area contributed by atoms with Gasteiger partial charge in [0.2, 0.25) is 0 Å². The number of anilines is 2. The van der Waals surface area contributed by atoms with E-state index in [1.54, 1.807) is 0 Å². The van der Waals surface area contributed by atoms with Crippen LogP contribution in [0.2, 0.25) is 5.02 Å². The number of rotatable bonds is 4. The second-order valence-corrected chi connectivity index (χ2v) is 3.61. The van der Waals surface area contributed by atoms with Gasteiger partial charge in [0, 0.05) is 13.1 Å². The van der Waals surface area contributed by atoms with E-state index in [0.29, 0.717) is 0 Å². The van der Waals surface area contributed by atoms with Gasteiger partial charge < -0.3 is 10.6 Å². The Bertz CT molecular complexity index is 283. The minimum Gasteiger partial charge on any atom is -0.384 e. The highest BCUT2D eigenvalue weighted by molar-refractivity contribution is 6.35. The van der Waals surface area contributed by atoms with Crippen LogP contribution in [0.1, 0.15) is 19.4 Å². The summed E-state index contributed by atoms with van der Waals surface area (Å²) < 4.78 is 0. The summed E-state index contributed by atoms with van der Waals surface area (Å²) in [5.74, 6) is 0. The van der Waals surface area contributed by atoms with E-state index in [-0.39, 0.29) is 0 Å². The summed E-state index contributed by atoms with van der Waals surface area (Å²) >= 11 is 6.21. The molecule has 0 saturated carbocycles. The van der Waals surface area contributed by atoms with Crippen LogP contribution in [0.25, 0.3) is 0 Å². The molecule has 0 fully saturated rings. The van der Waals surface area contributed by atoms with Gasteiger partial charge in [-0.05, 0) is 38.5 Å². The molecule has 1 aromatic rings. The van der Waals surface area contributed by atoms with Crippen molar-refractivity contribution in [1.82, 2.24) is 0 Å². The topological polar surface area (TPSA) is 24.1 Å². The monoisotopic (exact) mass is 212 g/mol. The van der Waals surface area contributed by atoms with Crippen LogP contribution < -0.4 is 10.6 Å². The van der Waals surface area contributed by atoms with Crippen molar-refractivity contribution in [3.8, 4) is 0 Å². The highest BCUT2D eigenvalue weighted by atomic mass is 35.5. The molecule has 1 rings (SSSR count). The Morgan fingerprint density at radius 2 is 1.50 bits per heavy atom. The Morgan fingerprint density at radius 1 is 1.07 bits per heavy atom. The molecule has 0 aliphatic heterocycles. The van der Waals surface area contributed by atoms with Gasteiger partial charge in [-0.3, -0.25) is 0 Å². The first-order chi connectivity index (χ1) is 6.69. The number of hydrogen-bond donors (Lipinski definition) is 2. The van der Waals surface area contributed by atoms with Gasteiger partial charge in [0.05, 0.1) is 16.4 Å². The van der Waals surface area contributed by atoms with Crippen molar-refractivity contribution in [2.45, 2.75) is 20.8 Å². The molecule has 0 aliphatic carbocycles. The number of hydrogen-bond acceptors (Lipinski definition) is 2. The SMILES string of the molecule is CCNc1cc(C)cc(NCC)c1Cl. The van der Waals surface area contributed by atoms with Crippen LogP contribution in [0, 0.1) is 6.92 Å². The highest BCUT2D eigenvalue weighted by Crippen LogP contribution is 2.31. The molecule has 2 N–H and O–H groups in total. The molecule has 0 bridgehead atoms. The Labute approximate surface area is 90.7 Å². The van der Waals surface area contributed by atoms with Crippen molar-refractivity contribution >= 4 is 23.0 Å². The van der Waals surface area contributed by atoms with Crippen molar-refractivity contribution in [2.24, 2.45) is 0 Å². The van der Waals surface area contributed by atoms with Gasteiger partial charge in [-0.15, -0.1) is 0 Å². The van der Waals surface area contributed by atoms with Gasteiger partial charge in [0.1, 0.15) is 0 Å². The summed E-state index contributed by atoms with van der Waals surface area (Å²) in [4.78, 5) is 0. The summed E-state index contributed by atoms with van der Waals surface area (Å²) in [5, 5.41) is 7.26. The molecule has 0 atom stereocenters. The van der Waals surface area contributed by atoms with Crippen molar-refractivity contribution in [2.75, 3.05) is 23.7 Å². The smallest absolute Gasteiger partial charge is 0.0868 e. The minimum atomic E-state index is 0.777. The number of aryl methyl sites for hydroxylation is 1. The van der Waals surface area contributed by atoms with E-state index in [2.05, 4.69) is 43.5 Å². The highest BCUT2D eigenvalue weighted by Gasteiger charge is 2.05. The van der Waals surface area contributed by atoms with E-state index in [0.717, 1.165) is 29.5 Å². The molecule has 1 aromatic carbocycles. The Balaban J connectivity index is 3.04. The zero-order valence-electron chi connectivity index (χ0n) is 8.95. The fourth-order valence-corrected chi connectivity index (χ4v) is 1.65. The Morgan fingerprint density at radius 3 is 1.86 bits per heavy atom. The summed E-state index contributed by atoms with van der Waals surface area (Å²) in [6.07, 6.45) is 0. The van der Waals surface area contributed by atoms with E-state index in [4.69, 9.17) is 11.6 Å². The van der Waals surface area contributed by atoms with Crippen LogP contribution in [0.15, 0.2) is 12.1 Å². The molecule has 0 aromatic heterocycles. The lowest BCUT2D eigenvalue weighted by Crippen LogP contribution is -2.02. The number of nitrogens with one attached hydrogen (secondary N) is 2. The van der Waals surface area contributed by atoms with Crippen molar-refractivity contribution < 1.29 is 0 Å². The van der Waals surface area contributed by atoms with Gasteiger partial charge in [0.15, 0.2) is 0 Å². The maximum absolute atomic E-state index is 6.21. The quantitative estimate of drug-likeness (QED) is 0.798. The fourth-order valence-electron chi connectivity index (χ4n) is 1.41. The first kappa shape index (κ1) is 11.2. The maximum Gasteiger partial charge on any atom is 0.0868 e. The van der Waals surface area contributed by atoms with Crippen molar-refractivity contribution in [1.29, 1.82) is 0 Å². The van der Waals surface area contributed by atoms with Crippen LogP contribution in [0.3, 0.4) is 0 Å². The van der Waals surface area contributed by atoms with Crippen LogP contribution in [0.4, 0.5) is 11.4 Å². The van der Waals surface area contributed by atoms with Crippen LogP contribution in [-0.4, -0.2) is 13.1 Å². The van der Waals surface area contributed by atoms with Gasteiger partial charge in [-0.25, -0.2) is 0 Å². The zero-order valence-corrected chi connectivity index (χ0v) is 9.70. The third-order valence-electron chi connectivity index (χ3n) is 1.95. The van der Waals surface area contributed by atoms with Crippen LogP contribution in [-0.2, 0) is 0 Å². The van der Waals surface area contributed by atoms with E-state index < -0.39 is 0 Å². The number of benzene rings is 1. The average Bonchev–Trinajstić information content (AvgIpc) is 2.14. The number of halogens is 1. The van der Waals surface area contributed by atoms with Crippen molar-refractivity contribution in [3.05, 3.63) is 22.7 Å². The van der Waals surface area contributed by atoms with E-state index >= 15 is 0 Å². The molecule has 0 amide bonds. The van der Waals surface area contributed by atoms with E-state index in [1.165, 1.54) is 5.56 Å². The molecule has 14 heavy (non-hydrogen) atoms. The first-order valence-electron chi connectivity index (χ1n) is 4.97.